The molecule has 1 aromatic heterocycles. The molecule has 1 aromatic rings. The van der Waals surface area contributed by atoms with Gasteiger partial charge < -0.3 is 14.6 Å². The summed E-state index contributed by atoms with van der Waals surface area (Å²) < 4.78 is 9.69. The number of carboxylic acid groups (broad SMARTS) is 1. The van der Waals surface area contributed by atoms with Crippen LogP contribution in [0, 0.1) is 0 Å². The number of hydrogen-bond donors (Lipinski definition) is 1. The Bertz CT molecular complexity index is 357. The molecule has 0 aromatic carbocycles. The van der Waals surface area contributed by atoms with Gasteiger partial charge in [-0.3, -0.25) is 0 Å². The molecule has 0 spiro atoms. The third-order valence-electron chi connectivity index (χ3n) is 1.44. The van der Waals surface area contributed by atoms with Gasteiger partial charge in [0.05, 0.1) is 6.61 Å². The highest BCUT2D eigenvalue weighted by molar-refractivity contribution is 7.12. The van der Waals surface area contributed by atoms with E-state index in [-0.39, 0.29) is 4.88 Å². The summed E-state index contributed by atoms with van der Waals surface area (Å²) in [6, 6.07) is 1.64. The molecule has 0 saturated heterocycles. The molecule has 0 saturated carbocycles. The second-order valence-corrected chi connectivity index (χ2v) is 3.43. The minimum atomic E-state index is -1.18. The van der Waals surface area contributed by atoms with Gasteiger partial charge in [0.15, 0.2) is 11.5 Å². The Morgan fingerprint density at radius 3 is 2.87 bits per heavy atom. The molecule has 0 bridgehead atoms. The average Bonchev–Trinajstić information content (AvgIpc) is 2.63. The molecule has 0 aliphatic heterocycles. The second kappa shape index (κ2) is 5.35. The normalized spacial score (nSPS) is 9.67. The summed E-state index contributed by atoms with van der Waals surface area (Å²) in [5, 5.41) is 10.0. The van der Waals surface area contributed by atoms with E-state index in [0.29, 0.717) is 12.4 Å². The van der Waals surface area contributed by atoms with Gasteiger partial charge in [-0.1, -0.05) is 0 Å². The number of aliphatic carboxylic acids is 1. The Morgan fingerprint density at radius 2 is 2.27 bits per heavy atom. The fourth-order valence-corrected chi connectivity index (χ4v) is 1.63. The number of carbonyl (C=O) groups excluding carboxylic acids is 1. The highest BCUT2D eigenvalue weighted by atomic mass is 32.1. The smallest absolute Gasteiger partial charge is 0.352 e. The Hall–Kier alpha value is -1.56. The number of rotatable bonds is 5. The molecular weight excluding hydrogens is 220 g/mol. The van der Waals surface area contributed by atoms with E-state index >= 15 is 0 Å². The molecule has 0 aliphatic carbocycles. The van der Waals surface area contributed by atoms with Crippen molar-refractivity contribution in [3.8, 4) is 5.75 Å². The van der Waals surface area contributed by atoms with Crippen molar-refractivity contribution in [2.24, 2.45) is 0 Å². The van der Waals surface area contributed by atoms with Gasteiger partial charge in [0, 0.05) is 0 Å². The van der Waals surface area contributed by atoms with Crippen LogP contribution in [0.3, 0.4) is 0 Å². The van der Waals surface area contributed by atoms with Gasteiger partial charge in [0.25, 0.3) is 0 Å². The summed E-state index contributed by atoms with van der Waals surface area (Å²) in [6.45, 7) is 1.60. The minimum Gasteiger partial charge on any atom is -0.492 e. The summed E-state index contributed by atoms with van der Waals surface area (Å²) in [5.41, 5.74) is 0. The van der Waals surface area contributed by atoms with Gasteiger partial charge in [-0.15, -0.1) is 11.3 Å². The summed E-state index contributed by atoms with van der Waals surface area (Å²) >= 11 is 1.16. The van der Waals surface area contributed by atoms with E-state index in [9.17, 15) is 9.59 Å². The van der Waals surface area contributed by atoms with E-state index in [2.05, 4.69) is 4.74 Å². The summed E-state index contributed by atoms with van der Waals surface area (Å²) in [6.07, 6.45) is 0. The lowest BCUT2D eigenvalue weighted by molar-refractivity contribution is -0.140. The van der Waals surface area contributed by atoms with Crippen LogP contribution >= 0.6 is 11.3 Å². The van der Waals surface area contributed by atoms with Crippen LogP contribution in [0.15, 0.2) is 11.4 Å². The number of carbonyl (C=O) groups is 2. The van der Waals surface area contributed by atoms with E-state index < -0.39 is 18.5 Å². The first-order valence-corrected chi connectivity index (χ1v) is 5.12. The Labute approximate surface area is 90.2 Å². The van der Waals surface area contributed by atoms with Crippen LogP contribution in [0.2, 0.25) is 0 Å². The lowest BCUT2D eigenvalue weighted by Gasteiger charge is -2.03. The summed E-state index contributed by atoms with van der Waals surface area (Å²) in [7, 11) is 0. The van der Waals surface area contributed by atoms with Crippen LogP contribution in [-0.4, -0.2) is 30.3 Å². The van der Waals surface area contributed by atoms with Crippen molar-refractivity contribution in [3.63, 3.8) is 0 Å². The molecule has 0 amide bonds. The molecule has 1 N–H and O–H groups in total. The van der Waals surface area contributed by atoms with E-state index in [4.69, 9.17) is 9.84 Å². The van der Waals surface area contributed by atoms with Crippen molar-refractivity contribution >= 4 is 23.3 Å². The van der Waals surface area contributed by atoms with E-state index in [1.165, 1.54) is 0 Å². The average molecular weight is 230 g/mol. The van der Waals surface area contributed by atoms with Crippen molar-refractivity contribution in [2.45, 2.75) is 6.92 Å². The number of carboxylic acids is 1. The third kappa shape index (κ3) is 3.25. The summed E-state index contributed by atoms with van der Waals surface area (Å²) in [4.78, 5) is 21.8. The van der Waals surface area contributed by atoms with Gasteiger partial charge >= 0.3 is 11.9 Å². The Balaban J connectivity index is 2.64. The van der Waals surface area contributed by atoms with Crippen molar-refractivity contribution in [2.75, 3.05) is 13.2 Å². The monoisotopic (exact) mass is 230 g/mol. The number of thiophene rings is 1. The topological polar surface area (TPSA) is 72.8 Å². The molecule has 15 heavy (non-hydrogen) atoms. The third-order valence-corrected chi connectivity index (χ3v) is 2.32. The van der Waals surface area contributed by atoms with E-state index in [1.807, 2.05) is 0 Å². The number of esters is 1. The number of ether oxygens (including phenoxy) is 2. The SMILES string of the molecule is CCOc1ccsc1C(=O)OCC(=O)O. The first kappa shape index (κ1) is 11.5. The maximum Gasteiger partial charge on any atom is 0.352 e. The van der Waals surface area contributed by atoms with Crippen molar-refractivity contribution in [1.82, 2.24) is 0 Å². The van der Waals surface area contributed by atoms with E-state index in [0.717, 1.165) is 11.3 Å². The van der Waals surface area contributed by atoms with Crippen LogP contribution in [0.25, 0.3) is 0 Å². The van der Waals surface area contributed by atoms with Crippen molar-refractivity contribution in [3.05, 3.63) is 16.3 Å². The first-order valence-electron chi connectivity index (χ1n) is 4.24. The molecule has 0 unspecified atom stereocenters. The van der Waals surface area contributed by atoms with E-state index in [1.54, 1.807) is 18.4 Å². The highest BCUT2D eigenvalue weighted by Crippen LogP contribution is 2.25. The van der Waals surface area contributed by atoms with Crippen LogP contribution in [0.1, 0.15) is 16.6 Å². The largest absolute Gasteiger partial charge is 0.492 e. The lowest BCUT2D eigenvalue weighted by atomic mass is 10.4. The highest BCUT2D eigenvalue weighted by Gasteiger charge is 2.16. The Kier molecular flexibility index (Phi) is 4.11. The Morgan fingerprint density at radius 1 is 1.53 bits per heavy atom. The van der Waals surface area contributed by atoms with Crippen LogP contribution < -0.4 is 4.74 Å². The van der Waals surface area contributed by atoms with Crippen LogP contribution in [-0.2, 0) is 9.53 Å². The molecule has 0 fully saturated rings. The fraction of sp³-hybridized carbons (Fsp3) is 0.333. The standard InChI is InChI=1S/C9H10O5S/c1-2-13-6-3-4-15-8(6)9(12)14-5-7(10)11/h3-4H,2,5H2,1H3,(H,10,11). The van der Waals surface area contributed by atoms with Gasteiger partial charge in [-0.05, 0) is 18.4 Å². The predicted molar refractivity (Wildman–Crippen MR) is 53.4 cm³/mol. The van der Waals surface area contributed by atoms with Crippen LogP contribution in [0.4, 0.5) is 0 Å². The van der Waals surface area contributed by atoms with Crippen molar-refractivity contribution < 1.29 is 24.2 Å². The minimum absolute atomic E-state index is 0.290. The van der Waals surface area contributed by atoms with Gasteiger partial charge in [0.2, 0.25) is 0 Å². The molecule has 0 radical (unpaired) electrons. The molecule has 82 valence electrons. The first-order chi connectivity index (χ1) is 7.15. The zero-order valence-corrected chi connectivity index (χ0v) is 8.87. The molecule has 5 nitrogen and oxygen atoms in total. The fourth-order valence-electron chi connectivity index (χ4n) is 0.908. The zero-order valence-electron chi connectivity index (χ0n) is 8.06. The zero-order chi connectivity index (χ0) is 11.3. The van der Waals surface area contributed by atoms with Crippen LogP contribution in [0.5, 0.6) is 5.75 Å². The molecule has 0 atom stereocenters. The van der Waals surface area contributed by atoms with Crippen molar-refractivity contribution in [1.29, 1.82) is 0 Å². The maximum atomic E-state index is 11.4. The quantitative estimate of drug-likeness (QED) is 0.774. The second-order valence-electron chi connectivity index (χ2n) is 2.52. The molecule has 1 heterocycles. The molecule has 6 heteroatoms. The van der Waals surface area contributed by atoms with Gasteiger partial charge in [-0.2, -0.15) is 0 Å². The summed E-state index contributed by atoms with van der Waals surface area (Å²) in [5.74, 6) is -1.42. The van der Waals surface area contributed by atoms with Gasteiger partial charge in [-0.25, -0.2) is 9.59 Å². The molecule has 0 aliphatic rings. The molecule has 1 rings (SSSR count). The lowest BCUT2D eigenvalue weighted by Crippen LogP contribution is -2.12. The predicted octanol–water partition coefficient (Wildman–Crippen LogP) is 1.39. The number of hydrogen-bond acceptors (Lipinski definition) is 5. The molecular formula is C9H10O5S. The maximum absolute atomic E-state index is 11.4. The van der Waals surface area contributed by atoms with Gasteiger partial charge in [0.1, 0.15) is 5.75 Å².